The van der Waals surface area contributed by atoms with Crippen LogP contribution in [0.25, 0.3) is 0 Å². The summed E-state index contributed by atoms with van der Waals surface area (Å²) in [5, 5.41) is 8.76. The Labute approximate surface area is 122 Å². The highest BCUT2D eigenvalue weighted by Crippen LogP contribution is 2.24. The van der Waals surface area contributed by atoms with E-state index in [1.54, 1.807) is 13.8 Å². The molecule has 0 aliphatic rings. The summed E-state index contributed by atoms with van der Waals surface area (Å²) in [4.78, 5) is -1.19. The molecule has 0 saturated carbocycles. The van der Waals surface area contributed by atoms with Gasteiger partial charge in [-0.05, 0) is 18.3 Å². The molecule has 120 valence electrons. The molecule has 0 spiro atoms. The molecule has 1 aromatic carbocycles. The van der Waals surface area contributed by atoms with Crippen molar-refractivity contribution in [2.24, 2.45) is 5.41 Å². The summed E-state index contributed by atoms with van der Waals surface area (Å²) in [5.41, 5.74) is -0.497. The molecule has 1 aromatic rings. The van der Waals surface area contributed by atoms with Crippen LogP contribution in [0.15, 0.2) is 17.0 Å². The molecule has 0 amide bonds. The number of benzene rings is 1. The normalized spacial score (nSPS) is 12.7. The fourth-order valence-electron chi connectivity index (χ4n) is 1.79. The average Bonchev–Trinajstić information content (AvgIpc) is 2.33. The molecular formula is C13H18F3NO3S. The maximum absolute atomic E-state index is 13.5. The Balaban J connectivity index is 2.93. The van der Waals surface area contributed by atoms with Crippen LogP contribution in [0.5, 0.6) is 0 Å². The second kappa shape index (κ2) is 6.76. The van der Waals surface area contributed by atoms with E-state index < -0.39 is 37.8 Å². The lowest BCUT2D eigenvalue weighted by atomic mass is 9.88. The minimum absolute atomic E-state index is 0.0304. The molecule has 0 aromatic heterocycles. The highest BCUT2D eigenvalue weighted by molar-refractivity contribution is 7.89. The van der Waals surface area contributed by atoms with E-state index in [0.29, 0.717) is 25.0 Å². The van der Waals surface area contributed by atoms with Crippen molar-refractivity contribution in [2.45, 2.75) is 31.6 Å². The molecule has 0 saturated heterocycles. The van der Waals surface area contributed by atoms with Crippen molar-refractivity contribution < 1.29 is 26.7 Å². The molecule has 0 unspecified atom stereocenters. The van der Waals surface area contributed by atoms with Gasteiger partial charge < -0.3 is 5.11 Å². The highest BCUT2D eigenvalue weighted by atomic mass is 32.2. The first-order valence-electron chi connectivity index (χ1n) is 6.34. The quantitative estimate of drug-likeness (QED) is 0.807. The third-order valence-corrected chi connectivity index (χ3v) is 4.44. The summed E-state index contributed by atoms with van der Waals surface area (Å²) in [7, 11) is -4.43. The van der Waals surface area contributed by atoms with E-state index in [-0.39, 0.29) is 13.2 Å². The van der Waals surface area contributed by atoms with Gasteiger partial charge in [0, 0.05) is 25.3 Å². The molecule has 0 atom stereocenters. The summed E-state index contributed by atoms with van der Waals surface area (Å²) in [5.74, 6) is -4.14. The Morgan fingerprint density at radius 3 is 2.19 bits per heavy atom. The standard InChI is InChI=1S/C13H18F3NO3S/c1-13(2,4-3-5-18)8-17-21(19,20)12-10(15)6-9(14)7-11(12)16/h6-7,17-18H,3-5,8H2,1-2H3. The second-order valence-electron chi connectivity index (χ2n) is 5.51. The van der Waals surface area contributed by atoms with Crippen LogP contribution in [-0.4, -0.2) is 26.7 Å². The molecular weight excluding hydrogens is 307 g/mol. The average molecular weight is 325 g/mol. The number of aliphatic hydroxyl groups excluding tert-OH is 1. The monoisotopic (exact) mass is 325 g/mol. The van der Waals surface area contributed by atoms with Crippen LogP contribution < -0.4 is 4.72 Å². The molecule has 0 radical (unpaired) electrons. The molecule has 0 heterocycles. The van der Waals surface area contributed by atoms with Gasteiger partial charge in [-0.2, -0.15) is 0 Å². The van der Waals surface area contributed by atoms with Gasteiger partial charge in [-0.3, -0.25) is 0 Å². The molecule has 0 fully saturated rings. The highest BCUT2D eigenvalue weighted by Gasteiger charge is 2.27. The third kappa shape index (κ3) is 4.98. The van der Waals surface area contributed by atoms with E-state index in [1.807, 2.05) is 0 Å². The van der Waals surface area contributed by atoms with Gasteiger partial charge in [-0.25, -0.2) is 26.3 Å². The first kappa shape index (κ1) is 17.9. The van der Waals surface area contributed by atoms with E-state index in [4.69, 9.17) is 5.11 Å². The van der Waals surface area contributed by atoms with E-state index in [9.17, 15) is 21.6 Å². The van der Waals surface area contributed by atoms with Gasteiger partial charge in [0.25, 0.3) is 0 Å². The number of aliphatic hydroxyl groups is 1. The number of halogens is 3. The number of nitrogens with one attached hydrogen (secondary N) is 1. The Hall–Kier alpha value is -1.12. The summed E-state index contributed by atoms with van der Waals surface area (Å²) in [6.07, 6.45) is 1.01. The van der Waals surface area contributed by atoms with Crippen molar-refractivity contribution in [2.75, 3.05) is 13.2 Å². The molecule has 8 heteroatoms. The number of rotatable bonds is 7. The Bertz CT molecular complexity index is 580. The zero-order valence-electron chi connectivity index (χ0n) is 11.8. The molecule has 0 bridgehead atoms. The van der Waals surface area contributed by atoms with Crippen molar-refractivity contribution in [3.8, 4) is 0 Å². The number of hydrogen-bond acceptors (Lipinski definition) is 3. The third-order valence-electron chi connectivity index (χ3n) is 2.98. The molecule has 0 aliphatic heterocycles. The van der Waals surface area contributed by atoms with Gasteiger partial charge in [-0.15, -0.1) is 0 Å². The van der Waals surface area contributed by atoms with Gasteiger partial charge in [-0.1, -0.05) is 13.8 Å². The van der Waals surface area contributed by atoms with Gasteiger partial charge in [0.05, 0.1) is 0 Å². The van der Waals surface area contributed by atoms with Gasteiger partial charge in [0.2, 0.25) is 10.0 Å². The van der Waals surface area contributed by atoms with Crippen molar-refractivity contribution >= 4 is 10.0 Å². The summed E-state index contributed by atoms with van der Waals surface area (Å²) < 4.78 is 65.8. The van der Waals surface area contributed by atoms with E-state index in [1.165, 1.54) is 0 Å². The van der Waals surface area contributed by atoms with Crippen LogP contribution in [0.3, 0.4) is 0 Å². The molecule has 4 nitrogen and oxygen atoms in total. The van der Waals surface area contributed by atoms with Crippen molar-refractivity contribution in [1.82, 2.24) is 4.72 Å². The largest absolute Gasteiger partial charge is 0.396 e. The molecule has 0 aliphatic carbocycles. The second-order valence-corrected chi connectivity index (χ2v) is 7.22. The Morgan fingerprint density at radius 1 is 1.19 bits per heavy atom. The topological polar surface area (TPSA) is 66.4 Å². The van der Waals surface area contributed by atoms with E-state index in [0.717, 1.165) is 0 Å². The predicted molar refractivity (Wildman–Crippen MR) is 71.6 cm³/mol. The van der Waals surface area contributed by atoms with Crippen LogP contribution in [0.1, 0.15) is 26.7 Å². The lowest BCUT2D eigenvalue weighted by Gasteiger charge is -2.24. The first-order valence-corrected chi connectivity index (χ1v) is 7.82. The maximum Gasteiger partial charge on any atom is 0.246 e. The van der Waals surface area contributed by atoms with Crippen molar-refractivity contribution in [1.29, 1.82) is 0 Å². The fraction of sp³-hybridized carbons (Fsp3) is 0.538. The molecule has 21 heavy (non-hydrogen) atoms. The minimum atomic E-state index is -4.43. The SMILES string of the molecule is CC(C)(CCCO)CNS(=O)(=O)c1c(F)cc(F)cc1F. The lowest BCUT2D eigenvalue weighted by Crippen LogP contribution is -2.35. The van der Waals surface area contributed by atoms with Crippen LogP contribution in [-0.2, 0) is 10.0 Å². The predicted octanol–water partition coefficient (Wildman–Crippen LogP) is 2.18. The number of sulfonamides is 1. The van der Waals surface area contributed by atoms with Gasteiger partial charge in [0.15, 0.2) is 4.90 Å². The fourth-order valence-corrected chi connectivity index (χ4v) is 3.15. The Morgan fingerprint density at radius 2 is 1.71 bits per heavy atom. The maximum atomic E-state index is 13.5. The summed E-state index contributed by atoms with van der Waals surface area (Å²) in [6, 6.07) is 0.628. The van der Waals surface area contributed by atoms with Crippen molar-refractivity contribution in [3.63, 3.8) is 0 Å². The molecule has 2 N–H and O–H groups in total. The number of hydrogen-bond donors (Lipinski definition) is 2. The summed E-state index contributed by atoms with van der Waals surface area (Å²) >= 11 is 0. The smallest absolute Gasteiger partial charge is 0.246 e. The van der Waals surface area contributed by atoms with E-state index >= 15 is 0 Å². The van der Waals surface area contributed by atoms with Gasteiger partial charge >= 0.3 is 0 Å². The van der Waals surface area contributed by atoms with Crippen molar-refractivity contribution in [3.05, 3.63) is 29.6 Å². The Kier molecular flexibility index (Phi) is 5.77. The minimum Gasteiger partial charge on any atom is -0.396 e. The van der Waals surface area contributed by atoms with E-state index in [2.05, 4.69) is 4.72 Å². The van der Waals surface area contributed by atoms with Crippen LogP contribution in [0.4, 0.5) is 13.2 Å². The summed E-state index contributed by atoms with van der Waals surface area (Å²) in [6.45, 7) is 3.41. The first-order chi connectivity index (χ1) is 9.59. The zero-order valence-corrected chi connectivity index (χ0v) is 12.6. The molecule has 1 rings (SSSR count). The van der Waals surface area contributed by atoms with Crippen LogP contribution in [0, 0.1) is 22.9 Å². The van der Waals surface area contributed by atoms with Crippen LogP contribution >= 0.6 is 0 Å². The lowest BCUT2D eigenvalue weighted by molar-refractivity contribution is 0.242. The van der Waals surface area contributed by atoms with Crippen LogP contribution in [0.2, 0.25) is 0 Å². The van der Waals surface area contributed by atoms with Gasteiger partial charge in [0.1, 0.15) is 17.5 Å². The zero-order chi connectivity index (χ0) is 16.3.